The molecule has 0 aliphatic rings. The molecule has 2 aromatic carbocycles. The number of rotatable bonds is 4. The second-order valence-electron chi connectivity index (χ2n) is 5.35. The number of carbonyl (C=O) groups excluding carboxylic acids is 1. The van der Waals surface area contributed by atoms with E-state index in [1.165, 1.54) is 6.07 Å². The lowest BCUT2D eigenvalue weighted by atomic mass is 10.2. The van der Waals surface area contributed by atoms with Gasteiger partial charge in [0, 0.05) is 34.3 Å². The van der Waals surface area contributed by atoms with Gasteiger partial charge < -0.3 is 15.0 Å². The molecule has 3 aromatic rings. The monoisotopic (exact) mass is 325 g/mol. The van der Waals surface area contributed by atoms with E-state index in [-0.39, 0.29) is 11.6 Å². The van der Waals surface area contributed by atoms with Crippen LogP contribution in [0.5, 0.6) is 5.75 Å². The molecule has 0 aliphatic carbocycles. The SMILES string of the molecule is COc1ccc2cc(C(=O)Nc3ccc(C)c([N+](=O)[O-])c3)[nH]c2c1. The van der Waals surface area contributed by atoms with Crippen LogP contribution >= 0.6 is 0 Å². The second-order valence-corrected chi connectivity index (χ2v) is 5.35. The summed E-state index contributed by atoms with van der Waals surface area (Å²) in [5.74, 6) is 0.314. The van der Waals surface area contributed by atoms with Gasteiger partial charge in [0.1, 0.15) is 11.4 Å². The molecule has 0 fully saturated rings. The van der Waals surface area contributed by atoms with E-state index in [1.807, 2.05) is 6.07 Å². The van der Waals surface area contributed by atoms with E-state index in [0.717, 1.165) is 10.9 Å². The number of methoxy groups -OCH3 is 1. The number of fused-ring (bicyclic) bond motifs is 1. The summed E-state index contributed by atoms with van der Waals surface area (Å²) in [6, 6.07) is 11.7. The maximum atomic E-state index is 12.4. The normalized spacial score (nSPS) is 10.6. The lowest BCUT2D eigenvalue weighted by molar-refractivity contribution is -0.385. The molecule has 1 heterocycles. The van der Waals surface area contributed by atoms with Crippen molar-refractivity contribution in [3.05, 3.63) is 63.8 Å². The average Bonchev–Trinajstić information content (AvgIpc) is 2.99. The number of hydrogen-bond acceptors (Lipinski definition) is 4. The van der Waals surface area contributed by atoms with E-state index in [2.05, 4.69) is 10.3 Å². The summed E-state index contributed by atoms with van der Waals surface area (Å²) < 4.78 is 5.15. The van der Waals surface area contributed by atoms with Crippen LogP contribution in [0.25, 0.3) is 10.9 Å². The zero-order chi connectivity index (χ0) is 17.3. The number of aromatic nitrogens is 1. The number of carbonyl (C=O) groups is 1. The van der Waals surface area contributed by atoms with Gasteiger partial charge in [-0.1, -0.05) is 6.07 Å². The number of nitro groups is 1. The maximum absolute atomic E-state index is 12.4. The number of hydrogen-bond donors (Lipinski definition) is 2. The molecule has 3 rings (SSSR count). The van der Waals surface area contributed by atoms with Crippen LogP contribution in [-0.2, 0) is 0 Å². The molecule has 0 bridgehead atoms. The highest BCUT2D eigenvalue weighted by Crippen LogP contribution is 2.24. The van der Waals surface area contributed by atoms with E-state index in [4.69, 9.17) is 4.74 Å². The molecule has 7 nitrogen and oxygen atoms in total. The standard InChI is InChI=1S/C17H15N3O4/c1-10-3-5-12(8-16(10)20(22)23)18-17(21)15-7-11-4-6-13(24-2)9-14(11)19-15/h3-9,19H,1-2H3,(H,18,21). The van der Waals surface area contributed by atoms with Crippen LogP contribution in [0.15, 0.2) is 42.5 Å². The van der Waals surface area contributed by atoms with Gasteiger partial charge in [0.2, 0.25) is 0 Å². The van der Waals surface area contributed by atoms with Crippen LogP contribution in [0.4, 0.5) is 11.4 Å². The Morgan fingerprint density at radius 2 is 2.00 bits per heavy atom. The molecule has 2 N–H and O–H groups in total. The third-order valence-corrected chi connectivity index (χ3v) is 3.74. The van der Waals surface area contributed by atoms with Crippen LogP contribution in [-0.4, -0.2) is 22.9 Å². The number of nitrogens with zero attached hydrogens (tertiary/aromatic N) is 1. The minimum absolute atomic E-state index is 0.0332. The van der Waals surface area contributed by atoms with Crippen LogP contribution in [0.1, 0.15) is 16.1 Å². The van der Waals surface area contributed by atoms with Gasteiger partial charge in [0.25, 0.3) is 11.6 Å². The predicted octanol–water partition coefficient (Wildman–Crippen LogP) is 3.65. The number of amides is 1. The van der Waals surface area contributed by atoms with Crippen molar-refractivity contribution in [2.75, 3.05) is 12.4 Å². The summed E-state index contributed by atoms with van der Waals surface area (Å²) in [5.41, 5.74) is 2.01. The van der Waals surface area contributed by atoms with E-state index < -0.39 is 4.92 Å². The Labute approximate surface area is 137 Å². The molecule has 0 radical (unpaired) electrons. The number of anilines is 1. The predicted molar refractivity (Wildman–Crippen MR) is 90.6 cm³/mol. The lowest BCUT2D eigenvalue weighted by Gasteiger charge is -2.05. The Balaban J connectivity index is 1.87. The Morgan fingerprint density at radius 1 is 1.21 bits per heavy atom. The Bertz CT molecular complexity index is 946. The van der Waals surface area contributed by atoms with Gasteiger partial charge in [-0.05, 0) is 31.2 Å². The third-order valence-electron chi connectivity index (χ3n) is 3.74. The molecule has 0 saturated carbocycles. The summed E-state index contributed by atoms with van der Waals surface area (Å²) >= 11 is 0. The van der Waals surface area contributed by atoms with Crippen LogP contribution < -0.4 is 10.1 Å². The molecule has 7 heteroatoms. The average molecular weight is 325 g/mol. The van der Waals surface area contributed by atoms with Crippen molar-refractivity contribution < 1.29 is 14.5 Å². The van der Waals surface area contributed by atoms with E-state index >= 15 is 0 Å². The molecular formula is C17H15N3O4. The number of aryl methyl sites for hydroxylation is 1. The summed E-state index contributed by atoms with van der Waals surface area (Å²) in [4.78, 5) is 25.9. The summed E-state index contributed by atoms with van der Waals surface area (Å²) in [7, 11) is 1.57. The van der Waals surface area contributed by atoms with Crippen molar-refractivity contribution in [2.45, 2.75) is 6.92 Å². The molecule has 24 heavy (non-hydrogen) atoms. The largest absolute Gasteiger partial charge is 0.497 e. The third kappa shape index (κ3) is 2.91. The molecule has 1 amide bonds. The Hall–Kier alpha value is -3.35. The molecule has 0 saturated heterocycles. The van der Waals surface area contributed by atoms with Crippen molar-refractivity contribution in [1.82, 2.24) is 4.98 Å². The highest BCUT2D eigenvalue weighted by molar-refractivity contribution is 6.06. The molecule has 122 valence electrons. The van der Waals surface area contributed by atoms with E-state index in [0.29, 0.717) is 22.7 Å². The van der Waals surface area contributed by atoms with Crippen molar-refractivity contribution >= 4 is 28.2 Å². The van der Waals surface area contributed by atoms with Crippen molar-refractivity contribution in [3.8, 4) is 5.75 Å². The molecule has 0 unspecified atom stereocenters. The van der Waals surface area contributed by atoms with Gasteiger partial charge in [0.15, 0.2) is 0 Å². The first-order valence-electron chi connectivity index (χ1n) is 7.21. The van der Waals surface area contributed by atoms with E-state index in [1.54, 1.807) is 44.4 Å². The van der Waals surface area contributed by atoms with Gasteiger partial charge in [0.05, 0.1) is 12.0 Å². The fraction of sp³-hybridized carbons (Fsp3) is 0.118. The molecule has 0 atom stereocenters. The topological polar surface area (TPSA) is 97.3 Å². The van der Waals surface area contributed by atoms with Gasteiger partial charge in [-0.2, -0.15) is 0 Å². The Morgan fingerprint density at radius 3 is 2.71 bits per heavy atom. The summed E-state index contributed by atoms with van der Waals surface area (Å²) in [5, 5.41) is 14.5. The number of benzene rings is 2. The Kier molecular flexibility index (Phi) is 3.91. The lowest BCUT2D eigenvalue weighted by Crippen LogP contribution is -2.12. The molecule has 0 aliphatic heterocycles. The fourth-order valence-corrected chi connectivity index (χ4v) is 2.44. The number of nitrogens with one attached hydrogen (secondary N) is 2. The number of aromatic amines is 1. The second kappa shape index (κ2) is 6.04. The van der Waals surface area contributed by atoms with Gasteiger partial charge in [-0.15, -0.1) is 0 Å². The minimum Gasteiger partial charge on any atom is -0.497 e. The zero-order valence-corrected chi connectivity index (χ0v) is 13.1. The maximum Gasteiger partial charge on any atom is 0.274 e. The highest BCUT2D eigenvalue weighted by Gasteiger charge is 2.14. The van der Waals surface area contributed by atoms with Crippen LogP contribution in [0.3, 0.4) is 0 Å². The van der Waals surface area contributed by atoms with Crippen molar-refractivity contribution in [1.29, 1.82) is 0 Å². The number of ether oxygens (including phenoxy) is 1. The van der Waals surface area contributed by atoms with E-state index in [9.17, 15) is 14.9 Å². The zero-order valence-electron chi connectivity index (χ0n) is 13.1. The van der Waals surface area contributed by atoms with Crippen molar-refractivity contribution in [3.63, 3.8) is 0 Å². The first-order chi connectivity index (χ1) is 11.5. The molecular weight excluding hydrogens is 310 g/mol. The smallest absolute Gasteiger partial charge is 0.274 e. The minimum atomic E-state index is -0.472. The number of nitro benzene ring substituents is 1. The van der Waals surface area contributed by atoms with Crippen LogP contribution in [0, 0.1) is 17.0 Å². The molecule has 0 spiro atoms. The summed E-state index contributed by atoms with van der Waals surface area (Å²) in [6.45, 7) is 1.65. The first kappa shape index (κ1) is 15.5. The van der Waals surface area contributed by atoms with Gasteiger partial charge >= 0.3 is 0 Å². The highest BCUT2D eigenvalue weighted by atomic mass is 16.6. The van der Waals surface area contributed by atoms with Gasteiger partial charge in [-0.3, -0.25) is 14.9 Å². The summed E-state index contributed by atoms with van der Waals surface area (Å²) in [6.07, 6.45) is 0. The quantitative estimate of drug-likeness (QED) is 0.565. The number of H-pyrrole nitrogens is 1. The fourth-order valence-electron chi connectivity index (χ4n) is 2.44. The molecule has 1 aromatic heterocycles. The van der Waals surface area contributed by atoms with Crippen LogP contribution in [0.2, 0.25) is 0 Å². The first-order valence-corrected chi connectivity index (χ1v) is 7.21. The van der Waals surface area contributed by atoms with Gasteiger partial charge in [-0.25, -0.2) is 0 Å². The van der Waals surface area contributed by atoms with Crippen molar-refractivity contribution in [2.24, 2.45) is 0 Å².